The highest BCUT2D eigenvalue weighted by molar-refractivity contribution is 6.32. The summed E-state index contributed by atoms with van der Waals surface area (Å²) in [5, 5.41) is 4.45. The van der Waals surface area contributed by atoms with Crippen molar-refractivity contribution in [1.29, 1.82) is 0 Å². The van der Waals surface area contributed by atoms with Crippen molar-refractivity contribution in [3.63, 3.8) is 0 Å². The summed E-state index contributed by atoms with van der Waals surface area (Å²) in [5.74, 6) is 1.66. The number of hydrazone groups is 1. The van der Waals surface area contributed by atoms with Crippen LogP contribution in [-0.2, 0) is 6.61 Å². The van der Waals surface area contributed by atoms with E-state index in [4.69, 9.17) is 30.5 Å². The highest BCUT2D eigenvalue weighted by Crippen LogP contribution is 2.37. The molecular formula is C27H29ClN2O5. The van der Waals surface area contributed by atoms with Gasteiger partial charge in [0, 0.05) is 5.56 Å². The molecule has 1 amide bonds. The molecule has 3 aromatic carbocycles. The summed E-state index contributed by atoms with van der Waals surface area (Å²) in [5.41, 5.74) is 4.58. The standard InChI is InChI=1S/C27H29ClN2O5/c1-4-32-23-13-12-21(16-24(23)33-5-2)27(31)30-29-17-20-14-22(28)26(25(15-20)34-6-3)35-18-19-10-8-7-9-11-19/h7-17H,4-6,18H2,1-3H3,(H,30,31)/b29-17+. The number of nitrogens with one attached hydrogen (secondary N) is 1. The van der Waals surface area contributed by atoms with Crippen molar-refractivity contribution >= 4 is 23.7 Å². The Kier molecular flexibility index (Phi) is 9.80. The van der Waals surface area contributed by atoms with Crippen LogP contribution in [0.15, 0.2) is 65.8 Å². The van der Waals surface area contributed by atoms with Gasteiger partial charge in [0.1, 0.15) is 6.61 Å². The Hall–Kier alpha value is -3.71. The van der Waals surface area contributed by atoms with Gasteiger partial charge in [0.05, 0.1) is 31.1 Å². The second kappa shape index (κ2) is 13.2. The van der Waals surface area contributed by atoms with E-state index in [2.05, 4.69) is 10.5 Å². The van der Waals surface area contributed by atoms with Crippen molar-refractivity contribution < 1.29 is 23.7 Å². The molecule has 0 heterocycles. The molecule has 0 aromatic heterocycles. The second-order valence-corrected chi connectivity index (χ2v) is 7.67. The number of carbonyl (C=O) groups excluding carboxylic acids is 1. The van der Waals surface area contributed by atoms with Gasteiger partial charge < -0.3 is 18.9 Å². The minimum absolute atomic E-state index is 0.357. The molecule has 3 aromatic rings. The lowest BCUT2D eigenvalue weighted by molar-refractivity contribution is 0.0954. The maximum Gasteiger partial charge on any atom is 0.271 e. The number of carbonyl (C=O) groups is 1. The van der Waals surface area contributed by atoms with Gasteiger partial charge in [-0.3, -0.25) is 4.79 Å². The van der Waals surface area contributed by atoms with Gasteiger partial charge in [0.2, 0.25) is 0 Å². The SMILES string of the molecule is CCOc1ccc(C(=O)N/N=C/c2cc(Cl)c(OCc3ccccc3)c(OCC)c2)cc1OCC. The van der Waals surface area contributed by atoms with E-state index in [9.17, 15) is 4.79 Å². The topological polar surface area (TPSA) is 78.4 Å². The highest BCUT2D eigenvalue weighted by atomic mass is 35.5. The Morgan fingerprint density at radius 1 is 0.857 bits per heavy atom. The lowest BCUT2D eigenvalue weighted by atomic mass is 10.2. The number of hydrogen-bond acceptors (Lipinski definition) is 6. The average Bonchev–Trinajstić information content (AvgIpc) is 2.85. The zero-order valence-electron chi connectivity index (χ0n) is 20.0. The molecule has 0 spiro atoms. The molecule has 7 nitrogen and oxygen atoms in total. The molecule has 0 aliphatic heterocycles. The van der Waals surface area contributed by atoms with Crippen LogP contribution >= 0.6 is 11.6 Å². The quantitative estimate of drug-likeness (QED) is 0.250. The lowest BCUT2D eigenvalue weighted by Gasteiger charge is -2.14. The monoisotopic (exact) mass is 496 g/mol. The van der Waals surface area contributed by atoms with Crippen LogP contribution in [0.5, 0.6) is 23.0 Å². The predicted octanol–water partition coefficient (Wildman–Crippen LogP) is 5.88. The lowest BCUT2D eigenvalue weighted by Crippen LogP contribution is -2.17. The van der Waals surface area contributed by atoms with Gasteiger partial charge in [0.15, 0.2) is 23.0 Å². The molecule has 3 rings (SSSR count). The van der Waals surface area contributed by atoms with Gasteiger partial charge in [-0.15, -0.1) is 0 Å². The number of benzene rings is 3. The summed E-state index contributed by atoms with van der Waals surface area (Å²) in [7, 11) is 0. The van der Waals surface area contributed by atoms with Crippen LogP contribution in [0.4, 0.5) is 0 Å². The molecule has 35 heavy (non-hydrogen) atoms. The van der Waals surface area contributed by atoms with Crippen LogP contribution < -0.4 is 24.4 Å². The first-order valence-corrected chi connectivity index (χ1v) is 11.8. The van der Waals surface area contributed by atoms with Crippen LogP contribution in [0.1, 0.15) is 42.3 Å². The number of nitrogens with zero attached hydrogens (tertiary/aromatic N) is 1. The Balaban J connectivity index is 1.71. The average molecular weight is 497 g/mol. The summed E-state index contributed by atoms with van der Waals surface area (Å²) < 4.78 is 22.8. The molecule has 1 N–H and O–H groups in total. The summed E-state index contributed by atoms with van der Waals surface area (Å²) in [4.78, 5) is 12.6. The van der Waals surface area contributed by atoms with Crippen molar-refractivity contribution in [2.24, 2.45) is 5.10 Å². The fourth-order valence-electron chi connectivity index (χ4n) is 3.22. The molecular weight excluding hydrogens is 468 g/mol. The Labute approximate surface area is 210 Å². The Morgan fingerprint density at radius 2 is 1.54 bits per heavy atom. The molecule has 0 radical (unpaired) electrons. The highest BCUT2D eigenvalue weighted by Gasteiger charge is 2.14. The van der Waals surface area contributed by atoms with Gasteiger partial charge in [-0.2, -0.15) is 5.10 Å². The Bertz CT molecular complexity index is 1150. The van der Waals surface area contributed by atoms with Crippen LogP contribution in [0.25, 0.3) is 0 Å². The van der Waals surface area contributed by atoms with E-state index in [0.717, 1.165) is 5.56 Å². The van der Waals surface area contributed by atoms with Crippen LogP contribution in [0, 0.1) is 0 Å². The van der Waals surface area contributed by atoms with E-state index in [1.165, 1.54) is 6.21 Å². The fraction of sp³-hybridized carbons (Fsp3) is 0.259. The van der Waals surface area contributed by atoms with E-state index in [-0.39, 0.29) is 5.91 Å². The molecule has 0 saturated carbocycles. The third-order valence-corrected chi connectivity index (χ3v) is 5.02. The van der Waals surface area contributed by atoms with Crippen LogP contribution in [-0.4, -0.2) is 31.9 Å². The largest absolute Gasteiger partial charge is 0.490 e. The maximum absolute atomic E-state index is 12.6. The number of amides is 1. The zero-order valence-corrected chi connectivity index (χ0v) is 20.8. The first-order chi connectivity index (χ1) is 17.0. The summed E-state index contributed by atoms with van der Waals surface area (Å²) in [6.07, 6.45) is 1.49. The molecule has 184 valence electrons. The van der Waals surface area contributed by atoms with Crippen molar-refractivity contribution in [3.8, 4) is 23.0 Å². The smallest absolute Gasteiger partial charge is 0.271 e. The molecule has 0 aliphatic rings. The Morgan fingerprint density at radius 3 is 2.26 bits per heavy atom. The minimum atomic E-state index is -0.385. The summed E-state index contributed by atoms with van der Waals surface area (Å²) >= 11 is 6.48. The molecule has 0 aliphatic carbocycles. The third-order valence-electron chi connectivity index (χ3n) is 4.74. The second-order valence-electron chi connectivity index (χ2n) is 7.26. The number of halogens is 1. The molecule has 0 unspecified atom stereocenters. The number of hydrogen-bond donors (Lipinski definition) is 1. The third kappa shape index (κ3) is 7.39. The van der Waals surface area contributed by atoms with Crippen molar-refractivity contribution in [1.82, 2.24) is 5.43 Å². The van der Waals surface area contributed by atoms with E-state index in [0.29, 0.717) is 65.6 Å². The van der Waals surface area contributed by atoms with Gasteiger partial charge in [-0.25, -0.2) is 5.43 Å². The first kappa shape index (κ1) is 25.9. The van der Waals surface area contributed by atoms with Gasteiger partial charge in [0.25, 0.3) is 5.91 Å². The molecule has 0 bridgehead atoms. The molecule has 0 saturated heterocycles. The maximum atomic E-state index is 12.6. The summed E-state index contributed by atoms with van der Waals surface area (Å²) in [6, 6.07) is 18.2. The van der Waals surface area contributed by atoms with E-state index >= 15 is 0 Å². The zero-order chi connectivity index (χ0) is 25.0. The van der Waals surface area contributed by atoms with Crippen molar-refractivity contribution in [3.05, 3.63) is 82.4 Å². The summed E-state index contributed by atoms with van der Waals surface area (Å²) in [6.45, 7) is 7.38. The minimum Gasteiger partial charge on any atom is -0.490 e. The molecule has 0 fully saturated rings. The number of ether oxygens (including phenoxy) is 4. The van der Waals surface area contributed by atoms with Gasteiger partial charge in [-0.05, 0) is 62.2 Å². The normalized spacial score (nSPS) is 10.7. The van der Waals surface area contributed by atoms with Crippen LogP contribution in [0.2, 0.25) is 5.02 Å². The first-order valence-electron chi connectivity index (χ1n) is 11.4. The van der Waals surface area contributed by atoms with Gasteiger partial charge >= 0.3 is 0 Å². The van der Waals surface area contributed by atoms with Gasteiger partial charge in [-0.1, -0.05) is 41.9 Å². The molecule has 0 atom stereocenters. The predicted molar refractivity (Wildman–Crippen MR) is 137 cm³/mol. The fourth-order valence-corrected chi connectivity index (χ4v) is 3.49. The van der Waals surface area contributed by atoms with Crippen molar-refractivity contribution in [2.45, 2.75) is 27.4 Å². The van der Waals surface area contributed by atoms with E-state index in [1.807, 2.05) is 51.1 Å². The van der Waals surface area contributed by atoms with E-state index < -0.39 is 0 Å². The number of rotatable bonds is 12. The van der Waals surface area contributed by atoms with Crippen molar-refractivity contribution in [2.75, 3.05) is 19.8 Å². The molecule has 8 heteroatoms. The van der Waals surface area contributed by atoms with E-state index in [1.54, 1.807) is 30.3 Å². The van der Waals surface area contributed by atoms with Crippen LogP contribution in [0.3, 0.4) is 0 Å².